The predicted molar refractivity (Wildman–Crippen MR) is 110 cm³/mol. The average Bonchev–Trinajstić information content (AvgIpc) is 2.74. The van der Waals surface area contributed by atoms with Crippen molar-refractivity contribution in [1.82, 2.24) is 4.90 Å². The number of carboxylic acid groups (broad SMARTS) is 1. The summed E-state index contributed by atoms with van der Waals surface area (Å²) in [6, 6.07) is 11.2. The molecule has 0 radical (unpaired) electrons. The Bertz CT molecular complexity index is 956. The number of carboxylic acids is 1. The number of nitrogens with one attached hydrogen (secondary N) is 1. The fraction of sp³-hybridized carbons (Fsp3) is 0.300. The van der Waals surface area contributed by atoms with Gasteiger partial charge in [-0.2, -0.15) is 0 Å². The Balaban J connectivity index is 1.72. The first-order valence-corrected chi connectivity index (χ1v) is 9.30. The van der Waals surface area contributed by atoms with Gasteiger partial charge < -0.3 is 20.1 Å². The summed E-state index contributed by atoms with van der Waals surface area (Å²) in [5, 5.41) is 23.4. The number of anilines is 3. The number of ether oxygens (including phenoxy) is 1. The number of nitro groups is 1. The number of nitro benzene ring substituents is 1. The van der Waals surface area contributed by atoms with Gasteiger partial charge in [-0.3, -0.25) is 19.8 Å². The maximum absolute atomic E-state index is 11.4. The number of aromatic carboxylic acids is 1. The first-order valence-electron chi connectivity index (χ1n) is 9.30. The van der Waals surface area contributed by atoms with Gasteiger partial charge >= 0.3 is 11.9 Å². The van der Waals surface area contributed by atoms with Crippen molar-refractivity contribution in [1.29, 1.82) is 0 Å². The van der Waals surface area contributed by atoms with E-state index in [4.69, 9.17) is 9.84 Å². The number of piperazine rings is 1. The van der Waals surface area contributed by atoms with Gasteiger partial charge in [0.05, 0.1) is 24.1 Å². The van der Waals surface area contributed by atoms with Crippen molar-refractivity contribution < 1.29 is 24.4 Å². The van der Waals surface area contributed by atoms with Crippen LogP contribution in [-0.4, -0.2) is 66.7 Å². The predicted octanol–water partition coefficient (Wildman–Crippen LogP) is 2.33. The van der Waals surface area contributed by atoms with Crippen LogP contribution in [0.1, 0.15) is 10.4 Å². The van der Waals surface area contributed by atoms with Gasteiger partial charge in [0, 0.05) is 43.6 Å². The molecule has 1 fully saturated rings. The second kappa shape index (κ2) is 9.23. The molecule has 0 atom stereocenters. The molecule has 1 aliphatic heterocycles. The highest BCUT2D eigenvalue weighted by molar-refractivity contribution is 5.90. The Labute approximate surface area is 172 Å². The molecule has 1 heterocycles. The van der Waals surface area contributed by atoms with Gasteiger partial charge in [0.1, 0.15) is 5.69 Å². The quantitative estimate of drug-likeness (QED) is 0.399. The van der Waals surface area contributed by atoms with E-state index in [1.165, 1.54) is 19.2 Å². The molecule has 0 spiro atoms. The van der Waals surface area contributed by atoms with E-state index in [0.29, 0.717) is 5.69 Å². The molecule has 3 rings (SSSR count). The second-order valence-electron chi connectivity index (χ2n) is 6.81. The van der Waals surface area contributed by atoms with Crippen LogP contribution in [0.3, 0.4) is 0 Å². The van der Waals surface area contributed by atoms with Gasteiger partial charge in [0.25, 0.3) is 5.69 Å². The van der Waals surface area contributed by atoms with Crippen molar-refractivity contribution in [2.24, 2.45) is 0 Å². The average molecular weight is 414 g/mol. The molecule has 10 heteroatoms. The van der Waals surface area contributed by atoms with Crippen molar-refractivity contribution in [2.75, 3.05) is 50.1 Å². The Morgan fingerprint density at radius 1 is 1.17 bits per heavy atom. The number of hydrogen-bond donors (Lipinski definition) is 2. The van der Waals surface area contributed by atoms with E-state index >= 15 is 0 Å². The third-order valence-corrected chi connectivity index (χ3v) is 4.88. The Kier molecular flexibility index (Phi) is 6.48. The molecule has 10 nitrogen and oxygen atoms in total. The zero-order valence-electron chi connectivity index (χ0n) is 16.4. The minimum atomic E-state index is -1.22. The summed E-state index contributed by atoms with van der Waals surface area (Å²) < 4.78 is 4.70. The maximum Gasteiger partial charge on any atom is 0.335 e. The van der Waals surface area contributed by atoms with Crippen LogP contribution >= 0.6 is 0 Å². The topological polar surface area (TPSA) is 125 Å². The maximum atomic E-state index is 11.4. The van der Waals surface area contributed by atoms with Crippen LogP contribution in [0, 0.1) is 10.1 Å². The summed E-state index contributed by atoms with van der Waals surface area (Å²) in [6.07, 6.45) is 0. The van der Waals surface area contributed by atoms with E-state index in [1.807, 2.05) is 23.1 Å². The fourth-order valence-electron chi connectivity index (χ4n) is 3.27. The van der Waals surface area contributed by atoms with Gasteiger partial charge in [-0.1, -0.05) is 6.07 Å². The SMILES string of the molecule is COC(=O)CN1CCN(c2cccc(Nc3ccc(C(=O)O)cc3[N+](=O)[O-])c2)CC1. The summed E-state index contributed by atoms with van der Waals surface area (Å²) in [6.45, 7) is 3.16. The third kappa shape index (κ3) is 5.03. The minimum Gasteiger partial charge on any atom is -0.478 e. The number of esters is 1. The van der Waals surface area contributed by atoms with Gasteiger partial charge in [-0.15, -0.1) is 0 Å². The third-order valence-electron chi connectivity index (χ3n) is 4.88. The number of carbonyl (C=O) groups is 2. The molecular weight excluding hydrogens is 392 g/mol. The molecular formula is C20H22N4O6. The molecule has 0 aliphatic carbocycles. The normalized spacial score (nSPS) is 14.2. The van der Waals surface area contributed by atoms with Gasteiger partial charge in [-0.05, 0) is 30.3 Å². The van der Waals surface area contributed by atoms with Crippen LogP contribution in [0.25, 0.3) is 0 Å². The summed E-state index contributed by atoms with van der Waals surface area (Å²) in [4.78, 5) is 37.4. The lowest BCUT2D eigenvalue weighted by atomic mass is 10.1. The van der Waals surface area contributed by atoms with Crippen molar-refractivity contribution in [2.45, 2.75) is 0 Å². The van der Waals surface area contributed by atoms with Gasteiger partial charge in [0.2, 0.25) is 0 Å². The van der Waals surface area contributed by atoms with E-state index < -0.39 is 10.9 Å². The lowest BCUT2D eigenvalue weighted by Crippen LogP contribution is -2.48. The van der Waals surface area contributed by atoms with Crippen molar-refractivity contribution in [3.05, 3.63) is 58.1 Å². The Morgan fingerprint density at radius 2 is 1.90 bits per heavy atom. The lowest BCUT2D eigenvalue weighted by Gasteiger charge is -2.35. The first kappa shape index (κ1) is 21.1. The van der Waals surface area contributed by atoms with Crippen LogP contribution in [-0.2, 0) is 9.53 Å². The standard InChI is InChI=1S/C20H22N4O6/c1-30-19(25)13-22-7-9-23(10-8-22)16-4-2-3-15(12-16)21-17-6-5-14(20(26)27)11-18(17)24(28)29/h2-6,11-12,21H,7-10,13H2,1H3,(H,26,27). The summed E-state index contributed by atoms with van der Waals surface area (Å²) in [5.41, 5.74) is 1.35. The molecule has 0 saturated carbocycles. The van der Waals surface area contributed by atoms with E-state index in [1.54, 1.807) is 6.07 Å². The second-order valence-corrected chi connectivity index (χ2v) is 6.81. The number of methoxy groups -OCH3 is 1. The highest BCUT2D eigenvalue weighted by Gasteiger charge is 2.20. The molecule has 1 aliphatic rings. The van der Waals surface area contributed by atoms with Crippen LogP contribution in [0.15, 0.2) is 42.5 Å². The van der Waals surface area contributed by atoms with Crippen molar-refractivity contribution in [3.63, 3.8) is 0 Å². The molecule has 2 aromatic rings. The van der Waals surface area contributed by atoms with Crippen LogP contribution in [0.5, 0.6) is 0 Å². The van der Waals surface area contributed by atoms with Crippen molar-refractivity contribution in [3.8, 4) is 0 Å². The Hall–Kier alpha value is -3.66. The van der Waals surface area contributed by atoms with E-state index in [9.17, 15) is 19.7 Å². The largest absolute Gasteiger partial charge is 0.478 e. The highest BCUT2D eigenvalue weighted by atomic mass is 16.6. The molecule has 158 valence electrons. The summed E-state index contributed by atoms with van der Waals surface area (Å²) >= 11 is 0. The molecule has 0 bridgehead atoms. The number of rotatable bonds is 7. The number of hydrogen-bond acceptors (Lipinski definition) is 8. The monoisotopic (exact) mass is 414 g/mol. The van der Waals surface area contributed by atoms with Gasteiger partial charge in [0.15, 0.2) is 0 Å². The zero-order chi connectivity index (χ0) is 21.7. The smallest absolute Gasteiger partial charge is 0.335 e. The highest BCUT2D eigenvalue weighted by Crippen LogP contribution is 2.30. The first-order chi connectivity index (χ1) is 14.4. The number of nitrogens with zero attached hydrogens (tertiary/aromatic N) is 3. The molecule has 1 saturated heterocycles. The van der Waals surface area contributed by atoms with E-state index in [2.05, 4.69) is 10.2 Å². The van der Waals surface area contributed by atoms with Gasteiger partial charge in [-0.25, -0.2) is 4.79 Å². The molecule has 2 aromatic carbocycles. The fourth-order valence-corrected chi connectivity index (χ4v) is 3.27. The van der Waals surface area contributed by atoms with E-state index in [0.717, 1.165) is 37.9 Å². The molecule has 0 amide bonds. The van der Waals surface area contributed by atoms with Crippen LogP contribution in [0.2, 0.25) is 0 Å². The summed E-state index contributed by atoms with van der Waals surface area (Å²) in [5.74, 6) is -1.48. The number of carbonyl (C=O) groups excluding carboxylic acids is 1. The van der Waals surface area contributed by atoms with Crippen molar-refractivity contribution >= 4 is 34.7 Å². The Morgan fingerprint density at radius 3 is 2.53 bits per heavy atom. The lowest BCUT2D eigenvalue weighted by molar-refractivity contribution is -0.383. The molecule has 30 heavy (non-hydrogen) atoms. The minimum absolute atomic E-state index is 0.147. The summed E-state index contributed by atoms with van der Waals surface area (Å²) in [7, 11) is 1.37. The van der Waals surface area contributed by atoms with E-state index in [-0.39, 0.29) is 29.5 Å². The zero-order valence-corrected chi connectivity index (χ0v) is 16.4. The van der Waals surface area contributed by atoms with Crippen LogP contribution < -0.4 is 10.2 Å². The number of benzene rings is 2. The molecule has 0 unspecified atom stereocenters. The molecule has 0 aromatic heterocycles. The van der Waals surface area contributed by atoms with Crippen LogP contribution in [0.4, 0.5) is 22.7 Å². The molecule has 2 N–H and O–H groups in total.